The summed E-state index contributed by atoms with van der Waals surface area (Å²) >= 11 is 1.33. The molecule has 0 unspecified atom stereocenters. The molecule has 1 aromatic rings. The number of benzene rings is 1. The highest BCUT2D eigenvalue weighted by atomic mass is 32.2. The minimum atomic E-state index is -4.24. The third kappa shape index (κ3) is 4.73. The minimum Gasteiger partial charge on any atom is -0.481 e. The topological polar surface area (TPSA) is 131 Å². The third-order valence-corrected chi connectivity index (χ3v) is 8.63. The maximum absolute atomic E-state index is 13.5. The molecule has 0 aromatic heterocycles. The van der Waals surface area contributed by atoms with Gasteiger partial charge in [-0.15, -0.1) is 0 Å². The number of esters is 1. The number of nitrogens with one attached hydrogen (secondary N) is 2. The second kappa shape index (κ2) is 9.70. The van der Waals surface area contributed by atoms with Gasteiger partial charge < -0.3 is 9.47 Å². The Kier molecular flexibility index (Phi) is 7.76. The van der Waals surface area contributed by atoms with Crippen molar-refractivity contribution in [3.63, 3.8) is 0 Å². The SMILES string of the molecule is CC(=O)OCC#CCOc1ccc(S(=O)(=O)[C@]2(C(=O)NO)NCCSC2(C)C)cc1. The van der Waals surface area contributed by atoms with E-state index in [0.29, 0.717) is 11.5 Å². The van der Waals surface area contributed by atoms with Crippen LogP contribution in [0, 0.1) is 11.8 Å². The highest BCUT2D eigenvalue weighted by molar-refractivity contribution is 8.02. The molecule has 3 N–H and O–H groups in total. The maximum atomic E-state index is 13.5. The summed E-state index contributed by atoms with van der Waals surface area (Å²) in [5.74, 6) is 4.80. The first kappa shape index (κ1) is 24.0. The second-order valence-corrected chi connectivity index (χ2v) is 10.6. The van der Waals surface area contributed by atoms with Gasteiger partial charge in [-0.05, 0) is 38.1 Å². The molecule has 30 heavy (non-hydrogen) atoms. The minimum absolute atomic E-state index is 0.0233. The van der Waals surface area contributed by atoms with E-state index < -0.39 is 31.3 Å². The monoisotopic (exact) mass is 456 g/mol. The van der Waals surface area contributed by atoms with E-state index in [1.54, 1.807) is 13.8 Å². The van der Waals surface area contributed by atoms with Crippen LogP contribution in [0.25, 0.3) is 0 Å². The third-order valence-electron chi connectivity index (χ3n) is 4.53. The lowest BCUT2D eigenvalue weighted by molar-refractivity contribution is -0.139. The molecule has 9 nitrogen and oxygen atoms in total. The summed E-state index contributed by atoms with van der Waals surface area (Å²) in [6.45, 7) is 4.84. The van der Waals surface area contributed by atoms with Crippen LogP contribution < -0.4 is 15.5 Å². The highest BCUT2D eigenvalue weighted by Crippen LogP contribution is 2.44. The molecule has 1 amide bonds. The van der Waals surface area contributed by atoms with Gasteiger partial charge in [0.15, 0.2) is 6.61 Å². The summed E-state index contributed by atoms with van der Waals surface area (Å²) in [7, 11) is -4.24. The number of carbonyl (C=O) groups is 2. The molecule has 0 saturated carbocycles. The van der Waals surface area contributed by atoms with Crippen LogP contribution in [-0.4, -0.2) is 60.6 Å². The molecule has 11 heteroatoms. The molecule has 164 valence electrons. The van der Waals surface area contributed by atoms with Gasteiger partial charge >= 0.3 is 5.97 Å². The zero-order chi connectivity index (χ0) is 22.4. The zero-order valence-corrected chi connectivity index (χ0v) is 18.5. The number of hydrogen-bond donors (Lipinski definition) is 3. The molecule has 1 aliphatic rings. The first-order valence-electron chi connectivity index (χ1n) is 8.98. The fourth-order valence-corrected chi connectivity index (χ4v) is 6.74. The largest absolute Gasteiger partial charge is 0.481 e. The summed E-state index contributed by atoms with van der Waals surface area (Å²) < 4.78 is 36.0. The van der Waals surface area contributed by atoms with E-state index in [0.717, 1.165) is 0 Å². The van der Waals surface area contributed by atoms with Gasteiger partial charge in [0.25, 0.3) is 5.91 Å². The number of hydroxylamine groups is 1. The van der Waals surface area contributed by atoms with Gasteiger partial charge in [0.2, 0.25) is 14.7 Å². The molecule has 0 bridgehead atoms. The molecule has 0 aliphatic carbocycles. The van der Waals surface area contributed by atoms with Crippen molar-refractivity contribution in [3.8, 4) is 17.6 Å². The molecule has 1 aliphatic heterocycles. The van der Waals surface area contributed by atoms with Gasteiger partial charge in [-0.2, -0.15) is 11.8 Å². The summed E-state index contributed by atoms with van der Waals surface area (Å²) in [5, 5.41) is 12.1. The first-order chi connectivity index (χ1) is 14.1. The first-order valence-corrected chi connectivity index (χ1v) is 11.5. The number of rotatable bonds is 6. The van der Waals surface area contributed by atoms with Crippen molar-refractivity contribution < 1.29 is 32.7 Å². The average molecular weight is 457 g/mol. The quantitative estimate of drug-likeness (QED) is 0.245. The Bertz CT molecular complexity index is 949. The Morgan fingerprint density at radius 3 is 2.43 bits per heavy atom. The molecule has 1 saturated heterocycles. The number of thioether (sulfide) groups is 1. The van der Waals surface area contributed by atoms with Crippen molar-refractivity contribution in [1.82, 2.24) is 10.8 Å². The standard InChI is InChI=1S/C19H24N2O7S2/c1-14(22)27-11-4-5-12-28-15-6-8-16(9-7-15)30(25,26)19(17(23)21-24)18(2,3)29-13-10-20-19/h6-9,20,24H,10-13H2,1-3H3,(H,21,23)/t19-/m0/s1. The van der Waals surface area contributed by atoms with E-state index >= 15 is 0 Å². The molecule has 2 rings (SSSR count). The number of amides is 1. The van der Waals surface area contributed by atoms with Crippen molar-refractivity contribution in [2.45, 2.75) is 35.3 Å². The molecular weight excluding hydrogens is 432 g/mol. The van der Waals surface area contributed by atoms with Crippen LogP contribution in [0.4, 0.5) is 0 Å². The van der Waals surface area contributed by atoms with E-state index in [2.05, 4.69) is 21.9 Å². The zero-order valence-electron chi connectivity index (χ0n) is 16.9. The Morgan fingerprint density at radius 2 is 1.87 bits per heavy atom. The van der Waals surface area contributed by atoms with Gasteiger partial charge in [0.05, 0.1) is 9.64 Å². The Labute approximate surface area is 179 Å². The Morgan fingerprint density at radius 1 is 1.23 bits per heavy atom. The van der Waals surface area contributed by atoms with Gasteiger partial charge in [0.1, 0.15) is 12.4 Å². The second-order valence-electron chi connectivity index (χ2n) is 6.80. The number of ether oxygens (including phenoxy) is 2. The smallest absolute Gasteiger partial charge is 0.303 e. The lowest BCUT2D eigenvalue weighted by Gasteiger charge is -2.47. The molecule has 1 heterocycles. The molecule has 0 radical (unpaired) electrons. The van der Waals surface area contributed by atoms with Crippen molar-refractivity contribution in [3.05, 3.63) is 24.3 Å². The number of carbonyl (C=O) groups excluding carboxylic acids is 2. The fraction of sp³-hybridized carbons (Fsp3) is 0.474. The van der Waals surface area contributed by atoms with Crippen LogP contribution in [0.5, 0.6) is 5.75 Å². The number of hydrogen-bond acceptors (Lipinski definition) is 9. The Hall–Kier alpha value is -2.26. The van der Waals surface area contributed by atoms with E-state index in [4.69, 9.17) is 4.74 Å². The van der Waals surface area contributed by atoms with Crippen molar-refractivity contribution in [1.29, 1.82) is 0 Å². The molecule has 1 aromatic carbocycles. The van der Waals surface area contributed by atoms with Gasteiger partial charge in [-0.1, -0.05) is 11.8 Å². The predicted molar refractivity (Wildman–Crippen MR) is 111 cm³/mol. The normalized spacial score (nSPS) is 20.4. The maximum Gasteiger partial charge on any atom is 0.303 e. The summed E-state index contributed by atoms with van der Waals surface area (Å²) in [4.78, 5) is 21.1. The lowest BCUT2D eigenvalue weighted by atomic mass is 10.0. The van der Waals surface area contributed by atoms with E-state index in [9.17, 15) is 23.2 Å². The van der Waals surface area contributed by atoms with Crippen molar-refractivity contribution in [2.75, 3.05) is 25.5 Å². The number of sulfone groups is 1. The molecule has 1 fully saturated rings. The van der Waals surface area contributed by atoms with E-state index in [1.165, 1.54) is 48.4 Å². The van der Waals surface area contributed by atoms with Crippen LogP contribution >= 0.6 is 11.8 Å². The average Bonchev–Trinajstić information content (AvgIpc) is 2.69. The molecule has 1 atom stereocenters. The van der Waals surface area contributed by atoms with Crippen LogP contribution in [0.3, 0.4) is 0 Å². The van der Waals surface area contributed by atoms with Crippen LogP contribution in [0.15, 0.2) is 29.2 Å². The lowest BCUT2D eigenvalue weighted by Crippen LogP contribution is -2.73. The van der Waals surface area contributed by atoms with Gasteiger partial charge in [-0.3, -0.25) is 20.1 Å². The van der Waals surface area contributed by atoms with Crippen molar-refractivity contribution >= 4 is 33.5 Å². The van der Waals surface area contributed by atoms with Crippen LogP contribution in [-0.2, 0) is 24.2 Å². The summed E-state index contributed by atoms with van der Waals surface area (Å²) in [5.41, 5.74) is 1.50. The van der Waals surface area contributed by atoms with Crippen LogP contribution in [0.2, 0.25) is 0 Å². The molecular formula is C19H24N2O7S2. The van der Waals surface area contributed by atoms with Crippen LogP contribution in [0.1, 0.15) is 20.8 Å². The van der Waals surface area contributed by atoms with E-state index in [-0.39, 0.29) is 24.7 Å². The summed E-state index contributed by atoms with van der Waals surface area (Å²) in [6, 6.07) is 5.57. The molecule has 0 spiro atoms. The van der Waals surface area contributed by atoms with Gasteiger partial charge in [0, 0.05) is 19.2 Å². The highest BCUT2D eigenvalue weighted by Gasteiger charge is 2.62. The predicted octanol–water partition coefficient (Wildman–Crippen LogP) is 0.722. The summed E-state index contributed by atoms with van der Waals surface area (Å²) in [6.07, 6.45) is 0. The van der Waals surface area contributed by atoms with E-state index in [1.807, 2.05) is 0 Å². The van der Waals surface area contributed by atoms with Crippen molar-refractivity contribution in [2.24, 2.45) is 0 Å². The fourth-order valence-electron chi connectivity index (χ4n) is 3.07. The Balaban J connectivity index is 2.23. The van der Waals surface area contributed by atoms with Gasteiger partial charge in [-0.25, -0.2) is 13.9 Å².